The summed E-state index contributed by atoms with van der Waals surface area (Å²) in [4.78, 5) is 16.5. The Balaban J connectivity index is 2.14. The maximum absolute atomic E-state index is 13.2. The van der Waals surface area contributed by atoms with Crippen LogP contribution in [0.25, 0.3) is 6.08 Å². The van der Waals surface area contributed by atoms with Crippen molar-refractivity contribution in [1.29, 1.82) is 0 Å². The predicted molar refractivity (Wildman–Crippen MR) is 128 cm³/mol. The van der Waals surface area contributed by atoms with E-state index in [1.165, 1.54) is 4.90 Å². The van der Waals surface area contributed by atoms with Crippen LogP contribution in [0.1, 0.15) is 18.1 Å². The Kier molecular flexibility index (Phi) is 6.95. The fraction of sp³-hybridized carbons (Fsp3) is 0.217. The van der Waals surface area contributed by atoms with Crippen LogP contribution in [0.15, 0.2) is 59.2 Å². The number of carbonyl (C=O) groups excluding carboxylic acids is 1. The molecule has 1 heterocycles. The number of anilines is 1. The topological polar surface area (TPSA) is 42.0 Å². The van der Waals surface area contributed by atoms with Crippen LogP contribution in [-0.2, 0) is 4.79 Å². The number of rotatable bonds is 7. The molecule has 3 rings (SSSR count). The molecule has 0 radical (unpaired) electrons. The van der Waals surface area contributed by atoms with Gasteiger partial charge in [0.1, 0.15) is 5.70 Å². The lowest BCUT2D eigenvalue weighted by atomic mass is 10.1. The van der Waals surface area contributed by atoms with Crippen LogP contribution in [0.2, 0.25) is 0 Å². The Morgan fingerprint density at radius 3 is 2.50 bits per heavy atom. The summed E-state index contributed by atoms with van der Waals surface area (Å²) < 4.78 is 11.9. The summed E-state index contributed by atoms with van der Waals surface area (Å²) in [7, 11) is 1.59. The van der Waals surface area contributed by atoms with Gasteiger partial charge in [-0.05, 0) is 62.0 Å². The number of benzene rings is 2. The Bertz CT molecular complexity index is 1020. The predicted octanol–water partition coefficient (Wildman–Crippen LogP) is 5.33. The van der Waals surface area contributed by atoms with Crippen LogP contribution in [0.3, 0.4) is 0 Å². The van der Waals surface area contributed by atoms with E-state index < -0.39 is 0 Å². The van der Waals surface area contributed by atoms with Gasteiger partial charge in [0.15, 0.2) is 16.6 Å². The van der Waals surface area contributed by atoms with Crippen molar-refractivity contribution in [2.24, 2.45) is 0 Å². The van der Waals surface area contributed by atoms with Gasteiger partial charge in [-0.3, -0.25) is 14.6 Å². The molecule has 0 spiro atoms. The number of halogens is 1. The number of ether oxygens (including phenoxy) is 2. The maximum Gasteiger partial charge on any atom is 0.277 e. The van der Waals surface area contributed by atoms with Crippen LogP contribution in [-0.4, -0.2) is 36.2 Å². The first-order chi connectivity index (χ1) is 14.4. The SMILES string of the molecule is C=CCN1C(=O)/C(=C\c2cc(OCC)c(OC)cc2Br)N(c2ccc(C)cc2)C1=S. The minimum atomic E-state index is -0.179. The molecule has 1 fully saturated rings. The molecule has 156 valence electrons. The van der Waals surface area contributed by atoms with Gasteiger partial charge in [0.2, 0.25) is 0 Å². The number of nitrogens with zero attached hydrogens (tertiary/aromatic N) is 2. The lowest BCUT2D eigenvalue weighted by Crippen LogP contribution is -2.32. The Hall–Kier alpha value is -2.64. The van der Waals surface area contributed by atoms with Gasteiger partial charge in [0, 0.05) is 16.7 Å². The molecule has 0 bridgehead atoms. The summed E-state index contributed by atoms with van der Waals surface area (Å²) in [5.74, 6) is 1.04. The van der Waals surface area contributed by atoms with Crippen LogP contribution in [0.4, 0.5) is 5.69 Å². The summed E-state index contributed by atoms with van der Waals surface area (Å²) in [6.45, 7) is 8.51. The second-order valence-electron chi connectivity index (χ2n) is 6.65. The summed E-state index contributed by atoms with van der Waals surface area (Å²) in [6, 6.07) is 11.6. The summed E-state index contributed by atoms with van der Waals surface area (Å²) in [5, 5.41) is 0.421. The average molecular weight is 487 g/mol. The van der Waals surface area contributed by atoms with Crippen molar-refractivity contribution in [2.75, 3.05) is 25.2 Å². The first-order valence-electron chi connectivity index (χ1n) is 9.46. The van der Waals surface area contributed by atoms with E-state index in [9.17, 15) is 4.79 Å². The molecule has 1 saturated heterocycles. The van der Waals surface area contributed by atoms with Crippen molar-refractivity contribution in [3.05, 3.63) is 70.3 Å². The molecule has 1 aliphatic rings. The maximum atomic E-state index is 13.2. The number of carbonyl (C=O) groups is 1. The lowest BCUT2D eigenvalue weighted by Gasteiger charge is -2.20. The van der Waals surface area contributed by atoms with E-state index >= 15 is 0 Å². The zero-order chi connectivity index (χ0) is 21.8. The molecule has 1 aliphatic heterocycles. The highest BCUT2D eigenvalue weighted by Crippen LogP contribution is 2.37. The molecule has 2 aromatic rings. The van der Waals surface area contributed by atoms with Gasteiger partial charge >= 0.3 is 0 Å². The standard InChI is InChI=1S/C23H23BrN2O3S/c1-5-11-25-22(27)19(26(23(25)30)17-9-7-15(3)8-10-17)12-16-13-21(29-6-2)20(28-4)14-18(16)24/h5,7-10,12-14H,1,6,11H2,2-4H3/b19-12+. The second-order valence-corrected chi connectivity index (χ2v) is 7.86. The van der Waals surface area contributed by atoms with E-state index in [1.807, 2.05) is 56.3 Å². The summed E-state index contributed by atoms with van der Waals surface area (Å²) >= 11 is 9.21. The average Bonchev–Trinajstić information content (AvgIpc) is 2.95. The van der Waals surface area contributed by atoms with Crippen molar-refractivity contribution in [3.63, 3.8) is 0 Å². The largest absolute Gasteiger partial charge is 0.493 e. The highest BCUT2D eigenvalue weighted by atomic mass is 79.9. The quantitative estimate of drug-likeness (QED) is 0.300. The molecule has 5 nitrogen and oxygen atoms in total. The normalized spacial score (nSPS) is 15.1. The van der Waals surface area contributed by atoms with Gasteiger partial charge in [0.05, 0.1) is 13.7 Å². The minimum absolute atomic E-state index is 0.179. The van der Waals surface area contributed by atoms with Crippen LogP contribution in [0, 0.1) is 6.92 Å². The van der Waals surface area contributed by atoms with Crippen molar-refractivity contribution in [1.82, 2.24) is 4.90 Å². The molecule has 0 N–H and O–H groups in total. The van der Waals surface area contributed by atoms with Crippen LogP contribution >= 0.6 is 28.1 Å². The van der Waals surface area contributed by atoms with Crippen molar-refractivity contribution < 1.29 is 14.3 Å². The molecule has 1 amide bonds. The number of amides is 1. The van der Waals surface area contributed by atoms with E-state index in [-0.39, 0.29) is 5.91 Å². The Labute approximate surface area is 190 Å². The smallest absolute Gasteiger partial charge is 0.277 e. The molecule has 0 atom stereocenters. The molecule has 0 aliphatic carbocycles. The van der Waals surface area contributed by atoms with Gasteiger partial charge in [-0.1, -0.05) is 39.7 Å². The zero-order valence-electron chi connectivity index (χ0n) is 17.1. The van der Waals surface area contributed by atoms with E-state index in [0.29, 0.717) is 35.5 Å². The Morgan fingerprint density at radius 2 is 1.90 bits per heavy atom. The minimum Gasteiger partial charge on any atom is -0.493 e. The third-order valence-electron chi connectivity index (χ3n) is 4.61. The Morgan fingerprint density at radius 1 is 1.20 bits per heavy atom. The number of hydrogen-bond acceptors (Lipinski definition) is 4. The molecule has 0 saturated carbocycles. The molecule has 0 unspecified atom stereocenters. The molecular weight excluding hydrogens is 464 g/mol. The first-order valence-corrected chi connectivity index (χ1v) is 10.7. The number of hydrogen-bond donors (Lipinski definition) is 0. The van der Waals surface area contributed by atoms with E-state index in [4.69, 9.17) is 21.7 Å². The summed E-state index contributed by atoms with van der Waals surface area (Å²) in [5.41, 5.74) is 3.19. The molecule has 0 aromatic heterocycles. The number of methoxy groups -OCH3 is 1. The van der Waals surface area contributed by atoms with Crippen molar-refractivity contribution in [3.8, 4) is 11.5 Å². The fourth-order valence-electron chi connectivity index (χ4n) is 3.14. The first kappa shape index (κ1) is 22.1. The van der Waals surface area contributed by atoms with Gasteiger partial charge in [-0.2, -0.15) is 0 Å². The van der Waals surface area contributed by atoms with Gasteiger partial charge in [-0.15, -0.1) is 6.58 Å². The van der Waals surface area contributed by atoms with E-state index in [1.54, 1.807) is 18.1 Å². The molecular formula is C23H23BrN2O3S. The van der Waals surface area contributed by atoms with Crippen LogP contribution < -0.4 is 14.4 Å². The van der Waals surface area contributed by atoms with Crippen molar-refractivity contribution in [2.45, 2.75) is 13.8 Å². The van der Waals surface area contributed by atoms with Gasteiger partial charge in [-0.25, -0.2) is 0 Å². The van der Waals surface area contributed by atoms with Crippen LogP contribution in [0.5, 0.6) is 11.5 Å². The second kappa shape index (κ2) is 9.45. The molecule has 2 aromatic carbocycles. The monoisotopic (exact) mass is 486 g/mol. The van der Waals surface area contributed by atoms with Crippen molar-refractivity contribution >= 4 is 50.9 Å². The third-order valence-corrected chi connectivity index (χ3v) is 5.70. The summed E-state index contributed by atoms with van der Waals surface area (Å²) in [6.07, 6.45) is 3.47. The van der Waals surface area contributed by atoms with Gasteiger partial charge in [0.25, 0.3) is 5.91 Å². The third kappa shape index (κ3) is 4.27. The van der Waals surface area contributed by atoms with Gasteiger partial charge < -0.3 is 9.47 Å². The lowest BCUT2D eigenvalue weighted by molar-refractivity contribution is -0.121. The number of thiocarbonyl (C=S) groups is 1. The highest BCUT2D eigenvalue weighted by Gasteiger charge is 2.38. The highest BCUT2D eigenvalue weighted by molar-refractivity contribution is 9.10. The zero-order valence-corrected chi connectivity index (χ0v) is 19.5. The molecule has 30 heavy (non-hydrogen) atoms. The van der Waals surface area contributed by atoms with E-state index in [0.717, 1.165) is 21.3 Å². The van der Waals surface area contributed by atoms with E-state index in [2.05, 4.69) is 22.5 Å². The molecule has 7 heteroatoms. The number of aryl methyl sites for hydroxylation is 1. The fourth-order valence-corrected chi connectivity index (χ4v) is 3.94.